The van der Waals surface area contributed by atoms with Crippen molar-refractivity contribution < 1.29 is 19.4 Å². The molecule has 0 saturated heterocycles. The van der Waals surface area contributed by atoms with Crippen LogP contribution in [0.4, 0.5) is 5.82 Å². The Labute approximate surface area is 199 Å². The lowest BCUT2D eigenvalue weighted by molar-refractivity contribution is 0.0272. The number of hydrogen-bond acceptors (Lipinski definition) is 6. The van der Waals surface area contributed by atoms with Crippen molar-refractivity contribution in [3.63, 3.8) is 0 Å². The standard InChI is InChI=1S/C27H31N3O4/c1-16-7-8-18(11-17(16)2)15-34-24-6-4-5-22(24)30-27(32)21-12-20(14-29-26(21)28)19-9-10-23(31)25(13-19)33-3/h7-14,22,24,31H,4-6,15H2,1-3H3,(H2,28,29)(H,30,32)/t22-,24-/m0/s1. The third kappa shape index (κ3) is 5.15. The number of hydrogen-bond donors (Lipinski definition) is 3. The van der Waals surface area contributed by atoms with E-state index in [1.165, 1.54) is 18.2 Å². The van der Waals surface area contributed by atoms with Crippen LogP contribution in [0.5, 0.6) is 11.5 Å². The Morgan fingerprint density at radius 1 is 1.12 bits per heavy atom. The van der Waals surface area contributed by atoms with Crippen molar-refractivity contribution in [1.29, 1.82) is 0 Å². The molecule has 0 radical (unpaired) electrons. The van der Waals surface area contributed by atoms with Gasteiger partial charge in [0.25, 0.3) is 5.91 Å². The van der Waals surface area contributed by atoms with Crippen LogP contribution in [0.2, 0.25) is 0 Å². The molecule has 178 valence electrons. The van der Waals surface area contributed by atoms with Crippen LogP contribution < -0.4 is 15.8 Å². The summed E-state index contributed by atoms with van der Waals surface area (Å²) in [6.07, 6.45) is 4.29. The van der Waals surface area contributed by atoms with Gasteiger partial charge in [0, 0.05) is 11.8 Å². The second-order valence-electron chi connectivity index (χ2n) is 8.82. The lowest BCUT2D eigenvalue weighted by Gasteiger charge is -2.22. The van der Waals surface area contributed by atoms with Crippen LogP contribution >= 0.6 is 0 Å². The highest BCUT2D eigenvalue weighted by Gasteiger charge is 2.30. The predicted molar refractivity (Wildman–Crippen MR) is 132 cm³/mol. The maximum atomic E-state index is 13.1. The van der Waals surface area contributed by atoms with Crippen LogP contribution in [-0.2, 0) is 11.3 Å². The Morgan fingerprint density at radius 2 is 1.94 bits per heavy atom. The van der Waals surface area contributed by atoms with Gasteiger partial charge in [-0.15, -0.1) is 0 Å². The van der Waals surface area contributed by atoms with Gasteiger partial charge < -0.3 is 25.6 Å². The van der Waals surface area contributed by atoms with Crippen LogP contribution in [-0.4, -0.2) is 35.3 Å². The van der Waals surface area contributed by atoms with E-state index in [4.69, 9.17) is 15.2 Å². The van der Waals surface area contributed by atoms with Gasteiger partial charge in [-0.1, -0.05) is 24.3 Å². The van der Waals surface area contributed by atoms with E-state index >= 15 is 0 Å². The average molecular weight is 462 g/mol. The number of ether oxygens (including phenoxy) is 2. The van der Waals surface area contributed by atoms with Crippen molar-refractivity contribution in [2.75, 3.05) is 12.8 Å². The summed E-state index contributed by atoms with van der Waals surface area (Å²) in [4.78, 5) is 17.4. The molecule has 0 spiro atoms. The number of rotatable bonds is 7. The third-order valence-corrected chi connectivity index (χ3v) is 6.48. The maximum Gasteiger partial charge on any atom is 0.255 e. The topological polar surface area (TPSA) is 107 Å². The van der Waals surface area contributed by atoms with Crippen LogP contribution in [0.15, 0.2) is 48.7 Å². The van der Waals surface area contributed by atoms with E-state index < -0.39 is 0 Å². The number of phenolic OH excluding ortho intramolecular Hbond substituents is 1. The molecule has 1 fully saturated rings. The molecule has 1 saturated carbocycles. The number of aromatic nitrogens is 1. The molecule has 2 aromatic carbocycles. The molecular weight excluding hydrogens is 430 g/mol. The largest absolute Gasteiger partial charge is 0.504 e. The molecule has 0 aliphatic heterocycles. The fourth-order valence-corrected chi connectivity index (χ4v) is 4.31. The van der Waals surface area contributed by atoms with Crippen LogP contribution in [0, 0.1) is 13.8 Å². The van der Waals surface area contributed by atoms with Crippen molar-refractivity contribution in [3.8, 4) is 22.6 Å². The second-order valence-corrected chi connectivity index (χ2v) is 8.82. The van der Waals surface area contributed by atoms with Gasteiger partial charge in [-0.3, -0.25) is 4.79 Å². The van der Waals surface area contributed by atoms with Crippen LogP contribution in [0.1, 0.15) is 46.3 Å². The number of carbonyl (C=O) groups is 1. The van der Waals surface area contributed by atoms with E-state index in [1.54, 1.807) is 30.5 Å². The van der Waals surface area contributed by atoms with E-state index in [9.17, 15) is 9.90 Å². The summed E-state index contributed by atoms with van der Waals surface area (Å²) in [5.74, 6) is 0.276. The van der Waals surface area contributed by atoms with Crippen molar-refractivity contribution in [2.24, 2.45) is 0 Å². The minimum atomic E-state index is -0.274. The number of nitrogens with two attached hydrogens (primary N) is 1. The number of aromatic hydroxyl groups is 1. The number of carbonyl (C=O) groups excluding carboxylic acids is 1. The number of anilines is 1. The molecule has 7 heteroatoms. The van der Waals surface area contributed by atoms with Gasteiger partial charge in [0.05, 0.1) is 31.4 Å². The van der Waals surface area contributed by atoms with Gasteiger partial charge >= 0.3 is 0 Å². The Balaban J connectivity index is 1.46. The Bertz CT molecular complexity index is 1190. The summed E-state index contributed by atoms with van der Waals surface area (Å²) < 4.78 is 11.4. The number of pyridine rings is 1. The van der Waals surface area contributed by atoms with E-state index in [0.717, 1.165) is 30.4 Å². The van der Waals surface area contributed by atoms with E-state index in [0.29, 0.717) is 23.5 Å². The average Bonchev–Trinajstić information content (AvgIpc) is 3.27. The summed E-state index contributed by atoms with van der Waals surface area (Å²) in [5, 5.41) is 13.0. The molecule has 4 N–H and O–H groups in total. The normalized spacial score (nSPS) is 17.5. The summed E-state index contributed by atoms with van der Waals surface area (Å²) in [7, 11) is 1.49. The minimum absolute atomic E-state index is 0.0423. The van der Waals surface area contributed by atoms with Gasteiger partial charge in [0.1, 0.15) is 5.82 Å². The minimum Gasteiger partial charge on any atom is -0.504 e. The fourth-order valence-electron chi connectivity index (χ4n) is 4.31. The molecule has 1 aliphatic carbocycles. The number of nitrogens with zero attached hydrogens (tertiary/aromatic N) is 1. The lowest BCUT2D eigenvalue weighted by Crippen LogP contribution is -2.41. The second kappa shape index (κ2) is 10.1. The van der Waals surface area contributed by atoms with E-state index in [-0.39, 0.29) is 29.6 Å². The van der Waals surface area contributed by atoms with Gasteiger partial charge in [-0.05, 0) is 73.6 Å². The summed E-state index contributed by atoms with van der Waals surface area (Å²) >= 11 is 0. The first kappa shape index (κ1) is 23.6. The van der Waals surface area contributed by atoms with Crippen molar-refractivity contribution in [1.82, 2.24) is 10.3 Å². The molecule has 3 aromatic rings. The number of nitrogens with one attached hydrogen (secondary N) is 1. The molecule has 1 aliphatic rings. The number of methoxy groups -OCH3 is 1. The Morgan fingerprint density at radius 3 is 2.71 bits per heavy atom. The number of aryl methyl sites for hydroxylation is 2. The van der Waals surface area contributed by atoms with Gasteiger partial charge in [-0.25, -0.2) is 4.98 Å². The first-order valence-corrected chi connectivity index (χ1v) is 11.5. The van der Waals surface area contributed by atoms with E-state index in [1.807, 2.05) is 0 Å². The highest BCUT2D eigenvalue weighted by Crippen LogP contribution is 2.32. The monoisotopic (exact) mass is 461 g/mol. The molecule has 0 unspecified atom stereocenters. The SMILES string of the molecule is COc1cc(-c2cnc(N)c(C(=O)N[C@H]3CCC[C@@H]3OCc3ccc(C)c(C)c3)c2)ccc1O. The highest BCUT2D eigenvalue weighted by molar-refractivity contribution is 5.99. The zero-order valence-corrected chi connectivity index (χ0v) is 19.8. The summed E-state index contributed by atoms with van der Waals surface area (Å²) in [6, 6.07) is 12.9. The zero-order valence-electron chi connectivity index (χ0n) is 19.8. The molecule has 4 rings (SSSR count). The molecule has 1 aromatic heterocycles. The number of nitrogen functional groups attached to an aromatic ring is 1. The van der Waals surface area contributed by atoms with Crippen LogP contribution in [0.25, 0.3) is 11.1 Å². The van der Waals surface area contributed by atoms with Crippen LogP contribution in [0.3, 0.4) is 0 Å². The maximum absolute atomic E-state index is 13.1. The Hall–Kier alpha value is -3.58. The molecule has 1 amide bonds. The fraction of sp³-hybridized carbons (Fsp3) is 0.333. The summed E-state index contributed by atoms with van der Waals surface area (Å²) in [6.45, 7) is 4.70. The van der Waals surface area contributed by atoms with Crippen molar-refractivity contribution in [3.05, 3.63) is 70.9 Å². The van der Waals surface area contributed by atoms with Gasteiger partial charge in [-0.2, -0.15) is 0 Å². The first-order chi connectivity index (χ1) is 16.4. The molecule has 0 bridgehead atoms. The molecular formula is C27H31N3O4. The quantitative estimate of drug-likeness (QED) is 0.477. The predicted octanol–water partition coefficient (Wildman–Crippen LogP) is 4.53. The number of amides is 1. The van der Waals surface area contributed by atoms with Gasteiger partial charge in [0.15, 0.2) is 11.5 Å². The smallest absolute Gasteiger partial charge is 0.255 e. The lowest BCUT2D eigenvalue weighted by atomic mass is 10.0. The number of benzene rings is 2. The highest BCUT2D eigenvalue weighted by atomic mass is 16.5. The summed E-state index contributed by atoms with van der Waals surface area (Å²) in [5.41, 5.74) is 11.4. The molecule has 34 heavy (non-hydrogen) atoms. The van der Waals surface area contributed by atoms with Crippen molar-refractivity contribution >= 4 is 11.7 Å². The van der Waals surface area contributed by atoms with Gasteiger partial charge in [0.2, 0.25) is 0 Å². The van der Waals surface area contributed by atoms with E-state index in [2.05, 4.69) is 42.3 Å². The van der Waals surface area contributed by atoms with Crippen molar-refractivity contribution in [2.45, 2.75) is 51.9 Å². The zero-order chi connectivity index (χ0) is 24.2. The first-order valence-electron chi connectivity index (χ1n) is 11.5. The Kier molecular flexibility index (Phi) is 7.03. The number of phenols is 1. The molecule has 2 atom stereocenters. The molecule has 1 heterocycles. The third-order valence-electron chi connectivity index (χ3n) is 6.48. The molecule has 7 nitrogen and oxygen atoms in total.